The van der Waals surface area contributed by atoms with Crippen LogP contribution in [0.25, 0.3) is 0 Å². The number of nitrogens with one attached hydrogen (secondary N) is 2. The van der Waals surface area contributed by atoms with Crippen molar-refractivity contribution in [3.05, 3.63) is 82.9 Å². The number of hydrogen-bond acceptors (Lipinski definition) is 4. The van der Waals surface area contributed by atoms with Crippen molar-refractivity contribution in [1.82, 2.24) is 20.5 Å². The van der Waals surface area contributed by atoms with Crippen molar-refractivity contribution >= 4 is 29.3 Å². The number of rotatable bonds is 7. The van der Waals surface area contributed by atoms with E-state index in [4.69, 9.17) is 11.6 Å². The summed E-state index contributed by atoms with van der Waals surface area (Å²) in [6.45, 7) is 0.344. The van der Waals surface area contributed by atoms with Crippen LogP contribution in [0.4, 0.5) is 0 Å². The molecule has 0 aliphatic rings. The fraction of sp³-hybridized carbons (Fsp3) is 0.167. The summed E-state index contributed by atoms with van der Waals surface area (Å²) in [5.41, 5.74) is 2.27. The Kier molecular flexibility index (Phi) is 6.09. The van der Waals surface area contributed by atoms with E-state index < -0.39 is 0 Å². The molecule has 3 aromatic rings. The van der Waals surface area contributed by atoms with E-state index in [-0.39, 0.29) is 11.2 Å². The number of hydrogen-bond donors (Lipinski definition) is 2. The summed E-state index contributed by atoms with van der Waals surface area (Å²) >= 11 is 7.57. The van der Waals surface area contributed by atoms with Gasteiger partial charge in [-0.05, 0) is 23.3 Å². The molecule has 0 radical (unpaired) electrons. The molecule has 128 valence electrons. The molecule has 3 rings (SSSR count). The van der Waals surface area contributed by atoms with Gasteiger partial charge in [0.25, 0.3) is 0 Å². The van der Waals surface area contributed by atoms with Crippen LogP contribution in [0.2, 0.25) is 5.02 Å². The highest BCUT2D eigenvalue weighted by atomic mass is 35.5. The minimum Gasteiger partial charge on any atom is -0.348 e. The summed E-state index contributed by atoms with van der Waals surface area (Å²) in [5.74, 6) is 0.933. The van der Waals surface area contributed by atoms with Crippen LogP contribution in [-0.4, -0.2) is 26.8 Å². The molecule has 0 saturated heterocycles. The maximum absolute atomic E-state index is 12.1. The standard InChI is InChI=1S/C18H17ClN4OS/c19-15-8-6-14(7-9-15)18(13-4-2-1-3-5-13)25-11-17(24)20-10-16-21-12-22-23-16/h1-9,12,18H,10-11H2,(H,20,24)(H,21,22,23)/t18-/m0/s1. The highest BCUT2D eigenvalue weighted by Gasteiger charge is 2.16. The molecule has 0 unspecified atom stereocenters. The molecule has 1 heterocycles. The Bertz CT molecular complexity index is 794. The van der Waals surface area contributed by atoms with Gasteiger partial charge in [-0.3, -0.25) is 9.89 Å². The van der Waals surface area contributed by atoms with E-state index in [9.17, 15) is 4.79 Å². The first kappa shape index (κ1) is 17.5. The summed E-state index contributed by atoms with van der Waals surface area (Å²) < 4.78 is 0. The average molecular weight is 373 g/mol. The van der Waals surface area contributed by atoms with Crippen molar-refractivity contribution in [3.8, 4) is 0 Å². The topological polar surface area (TPSA) is 70.7 Å². The normalized spacial score (nSPS) is 11.9. The zero-order chi connectivity index (χ0) is 17.5. The maximum atomic E-state index is 12.1. The molecular weight excluding hydrogens is 356 g/mol. The SMILES string of the molecule is O=C(CS[C@@H](c1ccccc1)c1ccc(Cl)cc1)NCc1ncn[nH]1. The van der Waals surface area contributed by atoms with Crippen LogP contribution >= 0.6 is 23.4 Å². The van der Waals surface area contributed by atoms with Crippen molar-refractivity contribution in [1.29, 1.82) is 0 Å². The number of aromatic amines is 1. The fourth-order valence-electron chi connectivity index (χ4n) is 2.36. The van der Waals surface area contributed by atoms with Gasteiger partial charge >= 0.3 is 0 Å². The first-order valence-corrected chi connectivity index (χ1v) is 9.18. The molecular formula is C18H17ClN4OS. The van der Waals surface area contributed by atoms with Gasteiger partial charge in [0.1, 0.15) is 12.2 Å². The van der Waals surface area contributed by atoms with Crippen LogP contribution in [0.5, 0.6) is 0 Å². The number of carbonyl (C=O) groups is 1. The van der Waals surface area contributed by atoms with Crippen LogP contribution in [0.1, 0.15) is 22.2 Å². The number of H-pyrrole nitrogens is 1. The van der Waals surface area contributed by atoms with E-state index >= 15 is 0 Å². The molecule has 0 aliphatic carbocycles. The van der Waals surface area contributed by atoms with Crippen molar-refractivity contribution in [2.75, 3.05) is 5.75 Å². The largest absolute Gasteiger partial charge is 0.348 e. The Morgan fingerprint density at radius 3 is 2.52 bits per heavy atom. The number of benzene rings is 2. The minimum absolute atomic E-state index is 0.0451. The van der Waals surface area contributed by atoms with E-state index in [0.717, 1.165) is 11.1 Å². The Hall–Kier alpha value is -2.31. The van der Waals surface area contributed by atoms with Gasteiger partial charge in [-0.15, -0.1) is 11.8 Å². The predicted octanol–water partition coefficient (Wildman–Crippen LogP) is 3.60. The van der Waals surface area contributed by atoms with Crippen molar-refractivity contribution in [3.63, 3.8) is 0 Å². The molecule has 1 aromatic heterocycles. The van der Waals surface area contributed by atoms with Gasteiger partial charge in [-0.1, -0.05) is 54.1 Å². The molecule has 1 atom stereocenters. The molecule has 2 N–H and O–H groups in total. The molecule has 1 amide bonds. The molecule has 0 spiro atoms. The van der Waals surface area contributed by atoms with Crippen LogP contribution < -0.4 is 5.32 Å². The Labute approximate surface area is 155 Å². The highest BCUT2D eigenvalue weighted by molar-refractivity contribution is 8.00. The highest BCUT2D eigenvalue weighted by Crippen LogP contribution is 2.35. The smallest absolute Gasteiger partial charge is 0.230 e. The Morgan fingerprint density at radius 2 is 1.84 bits per heavy atom. The Morgan fingerprint density at radius 1 is 1.12 bits per heavy atom. The summed E-state index contributed by atoms with van der Waals surface area (Å²) in [5, 5.41) is 10.1. The van der Waals surface area contributed by atoms with Crippen LogP contribution in [0, 0.1) is 0 Å². The van der Waals surface area contributed by atoms with E-state index in [2.05, 4.69) is 32.6 Å². The van der Waals surface area contributed by atoms with Gasteiger partial charge in [0, 0.05) is 5.02 Å². The van der Waals surface area contributed by atoms with Crippen LogP contribution in [-0.2, 0) is 11.3 Å². The predicted molar refractivity (Wildman–Crippen MR) is 100 cm³/mol. The van der Waals surface area contributed by atoms with Gasteiger partial charge in [-0.2, -0.15) is 5.10 Å². The summed E-state index contributed by atoms with van der Waals surface area (Å²) in [6.07, 6.45) is 1.42. The van der Waals surface area contributed by atoms with E-state index in [1.807, 2.05) is 42.5 Å². The number of nitrogens with zero attached hydrogens (tertiary/aromatic N) is 2. The zero-order valence-corrected chi connectivity index (χ0v) is 14.9. The van der Waals surface area contributed by atoms with Gasteiger partial charge in [0.05, 0.1) is 17.5 Å². The first-order chi connectivity index (χ1) is 12.2. The van der Waals surface area contributed by atoms with E-state index in [1.165, 1.54) is 6.33 Å². The van der Waals surface area contributed by atoms with Gasteiger partial charge in [0.15, 0.2) is 0 Å². The summed E-state index contributed by atoms with van der Waals surface area (Å²) in [7, 11) is 0. The molecule has 2 aromatic carbocycles. The van der Waals surface area contributed by atoms with Gasteiger partial charge in [0.2, 0.25) is 5.91 Å². The quantitative estimate of drug-likeness (QED) is 0.664. The van der Waals surface area contributed by atoms with Crippen LogP contribution in [0.15, 0.2) is 60.9 Å². The Balaban J connectivity index is 1.65. The molecule has 0 bridgehead atoms. The monoisotopic (exact) mass is 372 g/mol. The zero-order valence-electron chi connectivity index (χ0n) is 13.4. The fourth-order valence-corrected chi connectivity index (χ4v) is 3.60. The van der Waals surface area contributed by atoms with E-state index in [0.29, 0.717) is 23.1 Å². The minimum atomic E-state index is -0.0451. The van der Waals surface area contributed by atoms with E-state index in [1.54, 1.807) is 11.8 Å². The van der Waals surface area contributed by atoms with Crippen molar-refractivity contribution in [2.24, 2.45) is 0 Å². The molecule has 0 aliphatic heterocycles. The van der Waals surface area contributed by atoms with Gasteiger partial charge < -0.3 is 5.32 Å². The lowest BCUT2D eigenvalue weighted by Gasteiger charge is -2.17. The number of amides is 1. The third kappa shape index (κ3) is 5.08. The lowest BCUT2D eigenvalue weighted by Crippen LogP contribution is -2.25. The molecule has 7 heteroatoms. The van der Waals surface area contributed by atoms with Crippen molar-refractivity contribution < 1.29 is 4.79 Å². The summed E-state index contributed by atoms with van der Waals surface area (Å²) in [4.78, 5) is 16.1. The number of carbonyl (C=O) groups excluding carboxylic acids is 1. The molecule has 25 heavy (non-hydrogen) atoms. The van der Waals surface area contributed by atoms with Crippen molar-refractivity contribution in [2.45, 2.75) is 11.8 Å². The second-order valence-electron chi connectivity index (χ2n) is 5.36. The third-order valence-corrected chi connectivity index (χ3v) is 5.13. The summed E-state index contributed by atoms with van der Waals surface area (Å²) in [6, 6.07) is 17.9. The lowest BCUT2D eigenvalue weighted by molar-refractivity contribution is -0.118. The average Bonchev–Trinajstić information content (AvgIpc) is 3.16. The molecule has 5 nitrogen and oxygen atoms in total. The third-order valence-electron chi connectivity index (χ3n) is 3.57. The first-order valence-electron chi connectivity index (χ1n) is 7.75. The van der Waals surface area contributed by atoms with Gasteiger partial charge in [-0.25, -0.2) is 4.98 Å². The molecule has 0 saturated carbocycles. The second kappa shape index (κ2) is 8.69. The number of halogens is 1. The maximum Gasteiger partial charge on any atom is 0.230 e. The molecule has 0 fully saturated rings. The number of thioether (sulfide) groups is 1. The second-order valence-corrected chi connectivity index (χ2v) is 6.89. The van der Waals surface area contributed by atoms with Crippen LogP contribution in [0.3, 0.4) is 0 Å². The lowest BCUT2D eigenvalue weighted by atomic mass is 10.0. The number of aromatic nitrogens is 3.